The molecule has 0 bridgehead atoms. The van der Waals surface area contributed by atoms with Crippen molar-refractivity contribution >= 4 is 28.1 Å². The highest BCUT2D eigenvalue weighted by atomic mass is 16.1. The number of carbonyl (C=O) groups is 1. The molecule has 0 saturated carbocycles. The van der Waals surface area contributed by atoms with Crippen LogP contribution in [0.15, 0.2) is 67.9 Å². The summed E-state index contributed by atoms with van der Waals surface area (Å²) in [6, 6.07) is 8.15. The molecule has 1 fully saturated rings. The van der Waals surface area contributed by atoms with Gasteiger partial charge in [-0.15, -0.1) is 0 Å². The van der Waals surface area contributed by atoms with Crippen LogP contribution in [0.5, 0.6) is 0 Å². The SMILES string of the molecule is C=C/C(=C\N(C)C)c1ccc2cnc(NC(=O)C3CCN(Cc4cnccn4)CC3)cc2c1. The fourth-order valence-electron chi connectivity index (χ4n) is 4.13. The number of pyridine rings is 1. The quantitative estimate of drug-likeness (QED) is 0.558. The smallest absolute Gasteiger partial charge is 0.228 e. The number of likely N-dealkylation sites (tertiary alicyclic amines) is 1. The van der Waals surface area contributed by atoms with Crippen LogP contribution in [0.4, 0.5) is 5.82 Å². The number of allylic oxidation sites excluding steroid dienone is 2. The zero-order chi connectivity index (χ0) is 23.2. The molecule has 4 rings (SSSR count). The Labute approximate surface area is 194 Å². The number of carbonyl (C=O) groups excluding carboxylic acids is 1. The second kappa shape index (κ2) is 10.4. The molecule has 3 aromatic rings. The van der Waals surface area contributed by atoms with Crippen LogP contribution in [-0.2, 0) is 11.3 Å². The van der Waals surface area contributed by atoms with Crippen LogP contribution in [-0.4, -0.2) is 57.8 Å². The van der Waals surface area contributed by atoms with E-state index in [2.05, 4.69) is 43.9 Å². The van der Waals surface area contributed by atoms with Crippen molar-refractivity contribution in [3.63, 3.8) is 0 Å². The Morgan fingerprint density at radius 1 is 1.15 bits per heavy atom. The molecule has 1 aliphatic heterocycles. The molecule has 33 heavy (non-hydrogen) atoms. The van der Waals surface area contributed by atoms with Gasteiger partial charge in [0.1, 0.15) is 5.82 Å². The molecule has 1 aromatic carbocycles. The molecule has 170 valence electrons. The molecule has 1 N–H and O–H groups in total. The van der Waals surface area contributed by atoms with Crippen LogP contribution in [0.25, 0.3) is 16.3 Å². The van der Waals surface area contributed by atoms with Crippen LogP contribution in [0, 0.1) is 5.92 Å². The second-order valence-electron chi connectivity index (χ2n) is 8.62. The lowest BCUT2D eigenvalue weighted by molar-refractivity contribution is -0.121. The molecular formula is C26H30N6O. The van der Waals surface area contributed by atoms with Gasteiger partial charge in [0, 0.05) is 62.9 Å². The van der Waals surface area contributed by atoms with Gasteiger partial charge in [-0.25, -0.2) is 4.98 Å². The summed E-state index contributed by atoms with van der Waals surface area (Å²) < 4.78 is 0. The van der Waals surface area contributed by atoms with E-state index in [1.54, 1.807) is 18.6 Å². The number of fused-ring (bicyclic) bond motifs is 1. The lowest BCUT2D eigenvalue weighted by Gasteiger charge is -2.30. The molecule has 7 heteroatoms. The maximum Gasteiger partial charge on any atom is 0.228 e. The number of hydrogen-bond donors (Lipinski definition) is 1. The summed E-state index contributed by atoms with van der Waals surface area (Å²) >= 11 is 0. The van der Waals surface area contributed by atoms with E-state index < -0.39 is 0 Å². The maximum atomic E-state index is 12.9. The van der Waals surface area contributed by atoms with Crippen molar-refractivity contribution in [1.29, 1.82) is 0 Å². The van der Waals surface area contributed by atoms with Gasteiger partial charge in [0.15, 0.2) is 0 Å². The minimum Gasteiger partial charge on any atom is -0.383 e. The summed E-state index contributed by atoms with van der Waals surface area (Å²) in [7, 11) is 3.98. The van der Waals surface area contributed by atoms with Crippen molar-refractivity contribution < 1.29 is 4.79 Å². The second-order valence-corrected chi connectivity index (χ2v) is 8.62. The maximum absolute atomic E-state index is 12.9. The van der Waals surface area contributed by atoms with E-state index in [1.807, 2.05) is 49.6 Å². The monoisotopic (exact) mass is 442 g/mol. The van der Waals surface area contributed by atoms with Crippen LogP contribution in [0.1, 0.15) is 24.1 Å². The van der Waals surface area contributed by atoms with Gasteiger partial charge < -0.3 is 10.2 Å². The Kier molecular flexibility index (Phi) is 7.10. The number of nitrogens with one attached hydrogen (secondary N) is 1. The third kappa shape index (κ3) is 5.81. The number of piperidine rings is 1. The molecule has 1 aliphatic rings. The molecule has 0 spiro atoms. The van der Waals surface area contributed by atoms with Gasteiger partial charge in [0.2, 0.25) is 5.91 Å². The molecule has 2 aromatic heterocycles. The van der Waals surface area contributed by atoms with E-state index in [1.165, 1.54) is 0 Å². The Morgan fingerprint density at radius 2 is 1.97 bits per heavy atom. The first-order chi connectivity index (χ1) is 16.0. The lowest BCUT2D eigenvalue weighted by Crippen LogP contribution is -2.38. The number of benzene rings is 1. The highest BCUT2D eigenvalue weighted by molar-refractivity contribution is 5.95. The van der Waals surface area contributed by atoms with Gasteiger partial charge in [-0.3, -0.25) is 19.7 Å². The molecule has 1 amide bonds. The molecular weight excluding hydrogens is 412 g/mol. The summed E-state index contributed by atoms with van der Waals surface area (Å²) in [5, 5.41) is 5.09. The molecule has 1 saturated heterocycles. The molecule has 7 nitrogen and oxygen atoms in total. The Hall–Kier alpha value is -3.58. The molecule has 0 unspecified atom stereocenters. The van der Waals surface area contributed by atoms with Gasteiger partial charge in [-0.05, 0) is 54.6 Å². The summed E-state index contributed by atoms with van der Waals surface area (Å²) in [6.07, 6.45) is 12.5. The van der Waals surface area contributed by atoms with Gasteiger partial charge in [0.05, 0.1) is 5.69 Å². The highest BCUT2D eigenvalue weighted by Gasteiger charge is 2.25. The average molecular weight is 443 g/mol. The standard InChI is InChI=1S/C26H30N6O/c1-4-19(17-31(2)3)21-5-6-22-15-29-25(14-23(22)13-21)30-26(33)20-7-11-32(12-8-20)18-24-16-27-9-10-28-24/h4-6,9-10,13-17,20H,1,7-8,11-12,18H2,2-3H3,(H,29,30,33)/b19-17+. The fraction of sp³-hybridized carbons (Fsp3) is 0.308. The molecule has 0 radical (unpaired) electrons. The molecule has 0 atom stereocenters. The number of amides is 1. The third-order valence-corrected chi connectivity index (χ3v) is 5.88. The number of anilines is 1. The van der Waals surface area contributed by atoms with Crippen molar-refractivity contribution in [1.82, 2.24) is 24.8 Å². The van der Waals surface area contributed by atoms with E-state index in [0.29, 0.717) is 5.82 Å². The van der Waals surface area contributed by atoms with Crippen LogP contribution in [0.2, 0.25) is 0 Å². The number of rotatable bonds is 7. The minimum absolute atomic E-state index is 0.0117. The first-order valence-corrected chi connectivity index (χ1v) is 11.2. The van der Waals surface area contributed by atoms with Crippen LogP contribution >= 0.6 is 0 Å². The van der Waals surface area contributed by atoms with Gasteiger partial charge >= 0.3 is 0 Å². The lowest BCUT2D eigenvalue weighted by atomic mass is 9.95. The van der Waals surface area contributed by atoms with E-state index in [9.17, 15) is 4.79 Å². The Morgan fingerprint density at radius 3 is 2.67 bits per heavy atom. The van der Waals surface area contributed by atoms with Gasteiger partial charge in [-0.2, -0.15) is 0 Å². The summed E-state index contributed by atoms with van der Waals surface area (Å²) in [6.45, 7) is 6.44. The van der Waals surface area contributed by atoms with Gasteiger partial charge in [-0.1, -0.05) is 24.8 Å². The largest absolute Gasteiger partial charge is 0.383 e. The third-order valence-electron chi connectivity index (χ3n) is 5.88. The average Bonchev–Trinajstić information content (AvgIpc) is 2.83. The zero-order valence-corrected chi connectivity index (χ0v) is 19.2. The highest BCUT2D eigenvalue weighted by Crippen LogP contribution is 2.25. The first-order valence-electron chi connectivity index (χ1n) is 11.2. The van der Waals surface area contributed by atoms with E-state index in [-0.39, 0.29) is 11.8 Å². The Bertz CT molecular complexity index is 1150. The van der Waals surface area contributed by atoms with E-state index >= 15 is 0 Å². The van der Waals surface area contributed by atoms with E-state index in [0.717, 1.165) is 60.1 Å². The van der Waals surface area contributed by atoms with Crippen molar-refractivity contribution in [3.05, 3.63) is 79.2 Å². The predicted octanol–water partition coefficient (Wildman–Crippen LogP) is 3.96. The summed E-state index contributed by atoms with van der Waals surface area (Å²) in [4.78, 5) is 30.1. The van der Waals surface area contributed by atoms with Gasteiger partial charge in [0.25, 0.3) is 0 Å². The fourth-order valence-corrected chi connectivity index (χ4v) is 4.13. The number of nitrogens with zero attached hydrogens (tertiary/aromatic N) is 5. The van der Waals surface area contributed by atoms with Crippen molar-refractivity contribution in [2.45, 2.75) is 19.4 Å². The molecule has 0 aliphatic carbocycles. The van der Waals surface area contributed by atoms with Crippen molar-refractivity contribution in [3.8, 4) is 0 Å². The number of aromatic nitrogens is 3. The minimum atomic E-state index is -0.0117. The molecule has 3 heterocycles. The number of hydrogen-bond acceptors (Lipinski definition) is 6. The predicted molar refractivity (Wildman–Crippen MR) is 132 cm³/mol. The van der Waals surface area contributed by atoms with Crippen molar-refractivity contribution in [2.75, 3.05) is 32.5 Å². The normalized spacial score (nSPS) is 15.4. The van der Waals surface area contributed by atoms with Crippen LogP contribution < -0.4 is 5.32 Å². The van der Waals surface area contributed by atoms with Crippen molar-refractivity contribution in [2.24, 2.45) is 5.92 Å². The summed E-state index contributed by atoms with van der Waals surface area (Å²) in [5.74, 6) is 0.613. The topological polar surface area (TPSA) is 74.2 Å². The summed E-state index contributed by atoms with van der Waals surface area (Å²) in [5.41, 5.74) is 3.07. The Balaban J connectivity index is 1.40. The van der Waals surface area contributed by atoms with Crippen LogP contribution in [0.3, 0.4) is 0 Å². The zero-order valence-electron chi connectivity index (χ0n) is 19.2. The van der Waals surface area contributed by atoms with E-state index in [4.69, 9.17) is 0 Å². The first kappa shape index (κ1) is 22.6.